The van der Waals surface area contributed by atoms with Gasteiger partial charge >= 0.3 is 6.18 Å². The Hall–Kier alpha value is -1.19. The van der Waals surface area contributed by atoms with Crippen molar-refractivity contribution >= 4 is 5.69 Å². The fraction of sp³-hybridized carbons (Fsp3) is 0.700. The molecule has 1 unspecified atom stereocenters. The van der Waals surface area contributed by atoms with Gasteiger partial charge in [-0.15, -0.1) is 0 Å². The molecule has 24 heavy (non-hydrogen) atoms. The summed E-state index contributed by atoms with van der Waals surface area (Å²) in [5, 5.41) is 0. The summed E-state index contributed by atoms with van der Waals surface area (Å²) < 4.78 is 40.5. The first-order chi connectivity index (χ1) is 11.1. The summed E-state index contributed by atoms with van der Waals surface area (Å²) in [5.41, 5.74) is 0.738. The largest absolute Gasteiger partial charge is 0.416 e. The molecule has 0 aromatic heterocycles. The van der Waals surface area contributed by atoms with E-state index in [0.717, 1.165) is 37.9 Å². The minimum Gasteiger partial charge on any atom is -0.368 e. The molecule has 1 nitrogen and oxygen atoms in total. The second-order valence-corrected chi connectivity index (χ2v) is 8.01. The summed E-state index contributed by atoms with van der Waals surface area (Å²) in [6, 6.07) is 5.23. The molecular formula is C20H30F3N. The maximum Gasteiger partial charge on any atom is 0.416 e. The Kier molecular flexibility index (Phi) is 5.56. The fourth-order valence-corrected chi connectivity index (χ4v) is 4.17. The van der Waals surface area contributed by atoms with Gasteiger partial charge in [-0.25, -0.2) is 0 Å². The van der Waals surface area contributed by atoms with Crippen molar-refractivity contribution in [3.63, 3.8) is 0 Å². The summed E-state index contributed by atoms with van der Waals surface area (Å²) in [7, 11) is 0. The lowest BCUT2D eigenvalue weighted by molar-refractivity contribution is -0.138. The van der Waals surface area contributed by atoms with E-state index >= 15 is 0 Å². The molecule has 1 atom stereocenters. The molecule has 0 saturated carbocycles. The summed E-state index contributed by atoms with van der Waals surface area (Å²) in [4.78, 5) is 2.20. The van der Waals surface area contributed by atoms with Crippen molar-refractivity contribution in [2.24, 2.45) is 5.41 Å². The van der Waals surface area contributed by atoms with Crippen molar-refractivity contribution in [3.05, 3.63) is 29.3 Å². The minimum atomic E-state index is -4.30. The molecule has 1 aromatic carbocycles. The second kappa shape index (κ2) is 6.97. The average molecular weight is 341 g/mol. The Bertz CT molecular complexity index is 560. The molecule has 0 radical (unpaired) electrons. The lowest BCUT2D eigenvalue weighted by atomic mass is 9.79. The van der Waals surface area contributed by atoms with Crippen LogP contribution in [0.2, 0.25) is 0 Å². The van der Waals surface area contributed by atoms with E-state index in [2.05, 4.69) is 25.7 Å². The molecule has 1 aliphatic rings. The van der Waals surface area contributed by atoms with E-state index in [0.29, 0.717) is 11.6 Å². The van der Waals surface area contributed by atoms with E-state index < -0.39 is 11.7 Å². The molecule has 4 heteroatoms. The van der Waals surface area contributed by atoms with E-state index in [-0.39, 0.29) is 11.3 Å². The SMILES string of the molecule is CCCC(C)(C)C1CCCN1c1ccc(C(C)C)c(C(F)(F)F)c1. The van der Waals surface area contributed by atoms with E-state index in [1.807, 2.05) is 19.9 Å². The van der Waals surface area contributed by atoms with Crippen molar-refractivity contribution in [2.75, 3.05) is 11.4 Å². The van der Waals surface area contributed by atoms with Crippen LogP contribution in [0.5, 0.6) is 0 Å². The van der Waals surface area contributed by atoms with Crippen LogP contribution in [0.4, 0.5) is 18.9 Å². The average Bonchev–Trinajstić information content (AvgIpc) is 2.95. The van der Waals surface area contributed by atoms with Gasteiger partial charge < -0.3 is 4.90 Å². The molecule has 1 heterocycles. The van der Waals surface area contributed by atoms with Gasteiger partial charge in [-0.2, -0.15) is 13.2 Å². The number of anilines is 1. The third kappa shape index (κ3) is 3.89. The zero-order valence-electron chi connectivity index (χ0n) is 15.5. The molecule has 1 aromatic rings. The van der Waals surface area contributed by atoms with Crippen molar-refractivity contribution in [2.45, 2.75) is 78.4 Å². The Morgan fingerprint density at radius 3 is 2.42 bits per heavy atom. The van der Waals surface area contributed by atoms with Crippen LogP contribution in [0.15, 0.2) is 18.2 Å². The Labute approximate surface area is 144 Å². The molecule has 0 spiro atoms. The standard InChI is InChI=1S/C20H30F3N/c1-6-11-19(4,5)18-8-7-12-24(18)15-9-10-16(14(2)3)17(13-15)20(21,22)23/h9-10,13-14,18H,6-8,11-12H2,1-5H3. The first-order valence-electron chi connectivity index (χ1n) is 9.05. The third-order valence-electron chi connectivity index (χ3n) is 5.35. The van der Waals surface area contributed by atoms with E-state index in [4.69, 9.17) is 0 Å². The van der Waals surface area contributed by atoms with Crippen LogP contribution in [0.25, 0.3) is 0 Å². The van der Waals surface area contributed by atoms with E-state index in [9.17, 15) is 13.2 Å². The molecule has 0 amide bonds. The molecule has 1 aliphatic heterocycles. The van der Waals surface area contributed by atoms with Crippen LogP contribution < -0.4 is 4.90 Å². The Morgan fingerprint density at radius 2 is 1.88 bits per heavy atom. The summed E-state index contributed by atoms with van der Waals surface area (Å²) >= 11 is 0. The zero-order valence-corrected chi connectivity index (χ0v) is 15.5. The predicted octanol–water partition coefficient (Wildman–Crippen LogP) is 6.62. The third-order valence-corrected chi connectivity index (χ3v) is 5.35. The number of hydrogen-bond acceptors (Lipinski definition) is 1. The Morgan fingerprint density at radius 1 is 1.21 bits per heavy atom. The van der Waals surface area contributed by atoms with Gasteiger partial charge in [0.1, 0.15) is 0 Å². The zero-order chi connectivity index (χ0) is 18.1. The number of halogens is 3. The monoisotopic (exact) mass is 341 g/mol. The molecule has 136 valence electrons. The summed E-state index contributed by atoms with van der Waals surface area (Å²) in [6.07, 6.45) is -0.0169. The smallest absolute Gasteiger partial charge is 0.368 e. The number of rotatable bonds is 5. The second-order valence-electron chi connectivity index (χ2n) is 8.01. The van der Waals surface area contributed by atoms with E-state index in [1.54, 1.807) is 6.07 Å². The Balaban J connectivity index is 2.41. The number of benzene rings is 1. The quantitative estimate of drug-likeness (QED) is 0.581. The lowest BCUT2D eigenvalue weighted by Gasteiger charge is -2.39. The van der Waals surface area contributed by atoms with E-state index in [1.165, 1.54) is 6.07 Å². The molecule has 1 saturated heterocycles. The van der Waals surface area contributed by atoms with Gasteiger partial charge in [0.2, 0.25) is 0 Å². The molecule has 0 aliphatic carbocycles. The highest BCUT2D eigenvalue weighted by molar-refractivity contribution is 5.54. The van der Waals surface area contributed by atoms with Crippen LogP contribution in [0.1, 0.15) is 77.3 Å². The fourth-order valence-electron chi connectivity index (χ4n) is 4.17. The van der Waals surface area contributed by atoms with Gasteiger partial charge in [-0.05, 0) is 48.3 Å². The topological polar surface area (TPSA) is 3.24 Å². The first-order valence-corrected chi connectivity index (χ1v) is 9.05. The van der Waals surface area contributed by atoms with Crippen molar-refractivity contribution < 1.29 is 13.2 Å². The van der Waals surface area contributed by atoms with Gasteiger partial charge in [0.25, 0.3) is 0 Å². The van der Waals surface area contributed by atoms with Crippen LogP contribution in [0.3, 0.4) is 0 Å². The molecule has 0 bridgehead atoms. The lowest BCUT2D eigenvalue weighted by Crippen LogP contribution is -2.41. The van der Waals surface area contributed by atoms with Gasteiger partial charge in [-0.1, -0.05) is 47.1 Å². The van der Waals surface area contributed by atoms with Crippen LogP contribution in [0, 0.1) is 5.41 Å². The number of hydrogen-bond donors (Lipinski definition) is 0. The maximum absolute atomic E-state index is 13.5. The molecular weight excluding hydrogens is 311 g/mol. The minimum absolute atomic E-state index is 0.111. The number of alkyl halides is 3. The molecule has 1 fully saturated rings. The predicted molar refractivity (Wildman–Crippen MR) is 94.6 cm³/mol. The van der Waals surface area contributed by atoms with Crippen molar-refractivity contribution in [1.82, 2.24) is 0 Å². The highest BCUT2D eigenvalue weighted by Gasteiger charge is 2.39. The summed E-state index contributed by atoms with van der Waals surface area (Å²) in [5.74, 6) is -0.137. The van der Waals surface area contributed by atoms with Crippen molar-refractivity contribution in [3.8, 4) is 0 Å². The molecule has 2 rings (SSSR count). The number of nitrogens with zero attached hydrogens (tertiary/aromatic N) is 1. The van der Waals surface area contributed by atoms with Gasteiger partial charge in [-0.3, -0.25) is 0 Å². The van der Waals surface area contributed by atoms with Crippen LogP contribution >= 0.6 is 0 Å². The van der Waals surface area contributed by atoms with Crippen LogP contribution in [-0.4, -0.2) is 12.6 Å². The highest BCUT2D eigenvalue weighted by atomic mass is 19.4. The van der Waals surface area contributed by atoms with Crippen molar-refractivity contribution in [1.29, 1.82) is 0 Å². The van der Waals surface area contributed by atoms with Gasteiger partial charge in [0, 0.05) is 18.3 Å². The van der Waals surface area contributed by atoms with Crippen LogP contribution in [-0.2, 0) is 6.18 Å². The van der Waals surface area contributed by atoms with Gasteiger partial charge in [0.15, 0.2) is 0 Å². The van der Waals surface area contributed by atoms with Gasteiger partial charge in [0.05, 0.1) is 5.56 Å². The highest BCUT2D eigenvalue weighted by Crippen LogP contribution is 2.42. The molecule has 0 N–H and O–H groups in total. The maximum atomic E-state index is 13.5. The first kappa shape index (κ1) is 19.1. The summed E-state index contributed by atoms with van der Waals surface area (Å²) in [6.45, 7) is 11.1. The normalized spacial score (nSPS) is 19.4.